The molecule has 0 radical (unpaired) electrons. The maximum absolute atomic E-state index is 11.4. The lowest BCUT2D eigenvalue weighted by atomic mass is 10.2. The lowest BCUT2D eigenvalue weighted by molar-refractivity contribution is -0.120. The normalized spacial score (nSPS) is 14.7. The van der Waals surface area contributed by atoms with Crippen LogP contribution in [0.15, 0.2) is 0 Å². The molecule has 2 N–H and O–H groups in total. The summed E-state index contributed by atoms with van der Waals surface area (Å²) in [5, 5.41) is 5.98. The van der Waals surface area contributed by atoms with Crippen LogP contribution < -0.4 is 10.6 Å². The van der Waals surface area contributed by atoms with Gasteiger partial charge in [0.2, 0.25) is 5.91 Å². The highest BCUT2D eigenvalue weighted by atomic mass is 16.5. The predicted molar refractivity (Wildman–Crippen MR) is 61.9 cm³/mol. The standard InChI is InChI=1S/C11H24N2O2/c1-5-6-9(2)13-11(14)8-12-7-10(3)15-4/h9-10,12H,5-8H2,1-4H3,(H,13,14). The van der Waals surface area contributed by atoms with E-state index in [1.807, 2.05) is 13.8 Å². The van der Waals surface area contributed by atoms with Crippen molar-refractivity contribution in [1.82, 2.24) is 10.6 Å². The molecule has 0 aromatic rings. The molecule has 0 saturated carbocycles. The van der Waals surface area contributed by atoms with Crippen LogP contribution in [0, 0.1) is 0 Å². The molecule has 0 rings (SSSR count). The van der Waals surface area contributed by atoms with Gasteiger partial charge in [-0.05, 0) is 20.3 Å². The third-order valence-corrected chi connectivity index (χ3v) is 2.25. The summed E-state index contributed by atoms with van der Waals surface area (Å²) in [4.78, 5) is 11.4. The first kappa shape index (κ1) is 14.4. The van der Waals surface area contributed by atoms with E-state index in [1.54, 1.807) is 7.11 Å². The summed E-state index contributed by atoms with van der Waals surface area (Å²) in [6, 6.07) is 0.268. The third-order valence-electron chi connectivity index (χ3n) is 2.25. The number of carbonyl (C=O) groups excluding carboxylic acids is 1. The maximum Gasteiger partial charge on any atom is 0.234 e. The highest BCUT2D eigenvalue weighted by molar-refractivity contribution is 5.78. The van der Waals surface area contributed by atoms with Crippen LogP contribution in [-0.4, -0.2) is 38.3 Å². The van der Waals surface area contributed by atoms with E-state index in [-0.39, 0.29) is 18.1 Å². The first-order valence-electron chi connectivity index (χ1n) is 5.63. The van der Waals surface area contributed by atoms with Gasteiger partial charge < -0.3 is 15.4 Å². The van der Waals surface area contributed by atoms with Gasteiger partial charge in [-0.25, -0.2) is 0 Å². The molecule has 0 aromatic heterocycles. The second-order valence-electron chi connectivity index (χ2n) is 3.93. The number of rotatable bonds is 8. The van der Waals surface area contributed by atoms with Crippen LogP contribution in [0.4, 0.5) is 0 Å². The summed E-state index contributed by atoms with van der Waals surface area (Å²) in [5.74, 6) is 0.0549. The Morgan fingerprint density at radius 2 is 2.07 bits per heavy atom. The molecule has 0 aliphatic heterocycles. The number of amides is 1. The van der Waals surface area contributed by atoms with Gasteiger partial charge in [0.05, 0.1) is 12.6 Å². The zero-order valence-corrected chi connectivity index (χ0v) is 10.3. The average molecular weight is 216 g/mol. The van der Waals surface area contributed by atoms with Gasteiger partial charge in [0.15, 0.2) is 0 Å². The molecule has 4 heteroatoms. The van der Waals surface area contributed by atoms with Crippen molar-refractivity contribution in [1.29, 1.82) is 0 Å². The highest BCUT2D eigenvalue weighted by Crippen LogP contribution is 1.93. The van der Waals surface area contributed by atoms with E-state index in [4.69, 9.17) is 4.74 Å². The van der Waals surface area contributed by atoms with Crippen molar-refractivity contribution >= 4 is 5.91 Å². The topological polar surface area (TPSA) is 50.4 Å². The van der Waals surface area contributed by atoms with Crippen LogP contribution in [0.5, 0.6) is 0 Å². The lowest BCUT2D eigenvalue weighted by Crippen LogP contribution is -2.40. The molecule has 0 bridgehead atoms. The molecule has 0 fully saturated rings. The molecule has 15 heavy (non-hydrogen) atoms. The van der Waals surface area contributed by atoms with E-state index in [0.29, 0.717) is 13.1 Å². The van der Waals surface area contributed by atoms with Gasteiger partial charge in [0.1, 0.15) is 0 Å². The second-order valence-corrected chi connectivity index (χ2v) is 3.93. The molecule has 90 valence electrons. The minimum absolute atomic E-state index is 0.0549. The van der Waals surface area contributed by atoms with Gasteiger partial charge in [-0.1, -0.05) is 13.3 Å². The highest BCUT2D eigenvalue weighted by Gasteiger charge is 2.06. The summed E-state index contributed by atoms with van der Waals surface area (Å²) >= 11 is 0. The Morgan fingerprint density at radius 1 is 1.40 bits per heavy atom. The van der Waals surface area contributed by atoms with E-state index in [2.05, 4.69) is 17.6 Å². The third kappa shape index (κ3) is 8.39. The summed E-state index contributed by atoms with van der Waals surface area (Å²) in [5.41, 5.74) is 0. The van der Waals surface area contributed by atoms with Crippen LogP contribution in [0.25, 0.3) is 0 Å². The molecule has 0 saturated heterocycles. The van der Waals surface area contributed by atoms with Crippen LogP contribution >= 0.6 is 0 Å². The zero-order chi connectivity index (χ0) is 11.7. The smallest absolute Gasteiger partial charge is 0.234 e. The number of nitrogens with one attached hydrogen (secondary N) is 2. The van der Waals surface area contributed by atoms with Crippen molar-refractivity contribution in [2.24, 2.45) is 0 Å². The number of ether oxygens (including phenoxy) is 1. The Kier molecular flexibility index (Phi) is 8.33. The summed E-state index contributed by atoms with van der Waals surface area (Å²) in [7, 11) is 1.66. The molecule has 2 atom stereocenters. The molecule has 1 amide bonds. The minimum atomic E-state index is 0.0549. The molecular weight excluding hydrogens is 192 g/mol. The number of carbonyl (C=O) groups is 1. The Labute approximate surface area is 92.8 Å². The molecule has 0 aliphatic carbocycles. The largest absolute Gasteiger partial charge is 0.380 e. The molecule has 0 aromatic carbocycles. The fraction of sp³-hybridized carbons (Fsp3) is 0.909. The maximum atomic E-state index is 11.4. The van der Waals surface area contributed by atoms with Gasteiger partial charge in [-0.15, -0.1) is 0 Å². The summed E-state index contributed by atoms with van der Waals surface area (Å²) in [6.07, 6.45) is 2.27. The number of methoxy groups -OCH3 is 1. The van der Waals surface area contributed by atoms with Gasteiger partial charge in [0.25, 0.3) is 0 Å². The Bertz CT molecular complexity index is 174. The average Bonchev–Trinajstić information content (AvgIpc) is 2.17. The Balaban J connectivity index is 3.48. The summed E-state index contributed by atoms with van der Waals surface area (Å²) in [6.45, 7) is 7.17. The molecule has 0 aliphatic rings. The van der Waals surface area contributed by atoms with E-state index < -0.39 is 0 Å². The summed E-state index contributed by atoms with van der Waals surface area (Å²) < 4.78 is 5.06. The molecular formula is C11H24N2O2. The van der Waals surface area contributed by atoms with Crippen LogP contribution in [0.2, 0.25) is 0 Å². The van der Waals surface area contributed by atoms with Crippen LogP contribution in [0.1, 0.15) is 33.6 Å². The number of hydrogen-bond acceptors (Lipinski definition) is 3. The fourth-order valence-corrected chi connectivity index (χ4v) is 1.30. The van der Waals surface area contributed by atoms with Gasteiger partial charge >= 0.3 is 0 Å². The molecule has 2 unspecified atom stereocenters. The first-order chi connectivity index (χ1) is 7.10. The van der Waals surface area contributed by atoms with Gasteiger partial charge in [-0.2, -0.15) is 0 Å². The van der Waals surface area contributed by atoms with Crippen molar-refractivity contribution in [2.45, 2.75) is 45.8 Å². The van der Waals surface area contributed by atoms with Crippen molar-refractivity contribution in [3.05, 3.63) is 0 Å². The lowest BCUT2D eigenvalue weighted by Gasteiger charge is -2.14. The zero-order valence-electron chi connectivity index (χ0n) is 10.3. The van der Waals surface area contributed by atoms with Crippen molar-refractivity contribution in [2.75, 3.05) is 20.2 Å². The monoisotopic (exact) mass is 216 g/mol. The quantitative estimate of drug-likeness (QED) is 0.634. The van der Waals surface area contributed by atoms with Crippen molar-refractivity contribution in [3.8, 4) is 0 Å². The van der Waals surface area contributed by atoms with Gasteiger partial charge in [-0.3, -0.25) is 4.79 Å². The SMILES string of the molecule is CCCC(C)NC(=O)CNCC(C)OC. The van der Waals surface area contributed by atoms with E-state index >= 15 is 0 Å². The van der Waals surface area contributed by atoms with E-state index in [0.717, 1.165) is 12.8 Å². The van der Waals surface area contributed by atoms with E-state index in [9.17, 15) is 4.79 Å². The minimum Gasteiger partial charge on any atom is -0.380 e. The fourth-order valence-electron chi connectivity index (χ4n) is 1.30. The van der Waals surface area contributed by atoms with Crippen LogP contribution in [0.3, 0.4) is 0 Å². The number of hydrogen-bond donors (Lipinski definition) is 2. The second kappa shape index (κ2) is 8.68. The Morgan fingerprint density at radius 3 is 2.60 bits per heavy atom. The van der Waals surface area contributed by atoms with Gasteiger partial charge in [0, 0.05) is 19.7 Å². The first-order valence-corrected chi connectivity index (χ1v) is 5.63. The van der Waals surface area contributed by atoms with E-state index in [1.165, 1.54) is 0 Å². The molecule has 4 nitrogen and oxygen atoms in total. The molecule has 0 spiro atoms. The van der Waals surface area contributed by atoms with Crippen molar-refractivity contribution < 1.29 is 9.53 Å². The van der Waals surface area contributed by atoms with Crippen LogP contribution in [-0.2, 0) is 9.53 Å². The Hall–Kier alpha value is -0.610. The van der Waals surface area contributed by atoms with Crippen molar-refractivity contribution in [3.63, 3.8) is 0 Å². The predicted octanol–water partition coefficient (Wildman–Crippen LogP) is 0.916. The molecule has 0 heterocycles.